The molecule has 1 aliphatic heterocycles. The number of hydrogen-bond acceptors (Lipinski definition) is 2. The molecular weight excluding hydrogens is 298 g/mol. The number of nitrogens with one attached hydrogen (secondary N) is 1. The highest BCUT2D eigenvalue weighted by Gasteiger charge is 2.35. The zero-order valence-electron chi connectivity index (χ0n) is 14.6. The van der Waals surface area contributed by atoms with Crippen LogP contribution in [0.25, 0.3) is 5.57 Å². The molecule has 0 bridgehead atoms. The number of carbonyl (C=O) groups excluding carboxylic acids is 1. The lowest BCUT2D eigenvalue weighted by atomic mass is 9.78. The average Bonchev–Trinajstić information content (AvgIpc) is 2.59. The molecule has 1 N–H and O–H groups in total. The standard InChI is InChI=1S/C21H23NO2/c1-14-5-9-17(10-6-14)21(3)13-19(15(2)20(23)22-21)16-7-11-18(24-4)12-8-16/h5-12H,13H2,1-4H3,(H,22,23). The number of methoxy groups -OCH3 is 1. The van der Waals surface area contributed by atoms with Gasteiger partial charge in [-0.15, -0.1) is 0 Å². The Morgan fingerprint density at radius 3 is 2.21 bits per heavy atom. The van der Waals surface area contributed by atoms with Crippen LogP contribution in [0.15, 0.2) is 54.1 Å². The molecule has 0 aliphatic carbocycles. The van der Waals surface area contributed by atoms with Crippen molar-refractivity contribution in [1.82, 2.24) is 5.32 Å². The van der Waals surface area contributed by atoms with Crippen molar-refractivity contribution in [3.63, 3.8) is 0 Å². The van der Waals surface area contributed by atoms with E-state index in [1.165, 1.54) is 5.56 Å². The van der Waals surface area contributed by atoms with Crippen LogP contribution in [-0.2, 0) is 10.3 Å². The van der Waals surface area contributed by atoms with Gasteiger partial charge >= 0.3 is 0 Å². The number of rotatable bonds is 3. The third-order valence-corrected chi connectivity index (χ3v) is 4.84. The van der Waals surface area contributed by atoms with E-state index < -0.39 is 5.54 Å². The molecule has 1 amide bonds. The summed E-state index contributed by atoms with van der Waals surface area (Å²) in [5, 5.41) is 3.18. The Balaban J connectivity index is 2.00. The molecule has 0 fully saturated rings. The molecule has 1 atom stereocenters. The molecule has 124 valence electrons. The van der Waals surface area contributed by atoms with E-state index in [0.29, 0.717) is 0 Å². The van der Waals surface area contributed by atoms with Crippen molar-refractivity contribution in [2.24, 2.45) is 0 Å². The Morgan fingerprint density at radius 2 is 1.62 bits per heavy atom. The summed E-state index contributed by atoms with van der Waals surface area (Å²) in [5.41, 5.74) is 4.88. The van der Waals surface area contributed by atoms with Crippen LogP contribution < -0.4 is 10.1 Å². The maximum Gasteiger partial charge on any atom is 0.247 e. The molecule has 2 aromatic rings. The molecule has 0 saturated heterocycles. The second kappa shape index (κ2) is 6.16. The Labute approximate surface area is 143 Å². The number of ether oxygens (including phenoxy) is 1. The lowest BCUT2D eigenvalue weighted by Crippen LogP contribution is -2.47. The van der Waals surface area contributed by atoms with Crippen molar-refractivity contribution in [1.29, 1.82) is 0 Å². The molecule has 1 unspecified atom stereocenters. The van der Waals surface area contributed by atoms with E-state index in [1.54, 1.807) is 7.11 Å². The third-order valence-electron chi connectivity index (χ3n) is 4.84. The van der Waals surface area contributed by atoms with E-state index in [9.17, 15) is 4.79 Å². The lowest BCUT2D eigenvalue weighted by molar-refractivity contribution is -0.119. The molecule has 2 aromatic carbocycles. The summed E-state index contributed by atoms with van der Waals surface area (Å²) in [5.74, 6) is 0.814. The molecule has 0 aromatic heterocycles. The first-order valence-corrected chi connectivity index (χ1v) is 8.17. The molecule has 0 radical (unpaired) electrons. The van der Waals surface area contributed by atoms with Gasteiger partial charge in [0.15, 0.2) is 0 Å². The lowest BCUT2D eigenvalue weighted by Gasteiger charge is -2.37. The van der Waals surface area contributed by atoms with Gasteiger partial charge in [-0.05, 0) is 49.6 Å². The molecule has 24 heavy (non-hydrogen) atoms. The van der Waals surface area contributed by atoms with Crippen molar-refractivity contribution >= 4 is 11.5 Å². The van der Waals surface area contributed by atoms with E-state index >= 15 is 0 Å². The molecule has 1 heterocycles. The van der Waals surface area contributed by atoms with Crippen LogP contribution in [0, 0.1) is 6.92 Å². The van der Waals surface area contributed by atoms with Gasteiger partial charge < -0.3 is 10.1 Å². The summed E-state index contributed by atoms with van der Waals surface area (Å²) < 4.78 is 5.23. The summed E-state index contributed by atoms with van der Waals surface area (Å²) in [4.78, 5) is 12.6. The van der Waals surface area contributed by atoms with Gasteiger partial charge in [0.25, 0.3) is 0 Å². The van der Waals surface area contributed by atoms with Gasteiger partial charge in [-0.25, -0.2) is 0 Å². The zero-order chi connectivity index (χ0) is 17.3. The highest BCUT2D eigenvalue weighted by molar-refractivity contribution is 6.03. The van der Waals surface area contributed by atoms with Gasteiger partial charge in [0.1, 0.15) is 5.75 Å². The van der Waals surface area contributed by atoms with E-state index in [4.69, 9.17) is 4.74 Å². The van der Waals surface area contributed by atoms with Crippen LogP contribution in [0.1, 0.15) is 37.0 Å². The minimum Gasteiger partial charge on any atom is -0.497 e. The number of carbonyl (C=O) groups is 1. The first kappa shape index (κ1) is 16.3. The highest BCUT2D eigenvalue weighted by atomic mass is 16.5. The van der Waals surface area contributed by atoms with Crippen molar-refractivity contribution in [3.05, 3.63) is 70.8 Å². The van der Waals surface area contributed by atoms with E-state index in [0.717, 1.165) is 34.4 Å². The Hall–Kier alpha value is -2.55. The molecule has 0 saturated carbocycles. The largest absolute Gasteiger partial charge is 0.497 e. The summed E-state index contributed by atoms with van der Waals surface area (Å²) in [6.07, 6.45) is 0.764. The minimum atomic E-state index is -0.403. The molecule has 0 spiro atoms. The Kier molecular flexibility index (Phi) is 4.18. The Bertz CT molecular complexity index is 788. The first-order chi connectivity index (χ1) is 11.4. The normalized spacial score (nSPS) is 20.8. The third kappa shape index (κ3) is 2.94. The maximum absolute atomic E-state index is 12.6. The van der Waals surface area contributed by atoms with E-state index in [2.05, 4.69) is 43.4 Å². The second-order valence-corrected chi connectivity index (χ2v) is 6.66. The number of benzene rings is 2. The van der Waals surface area contributed by atoms with Crippen molar-refractivity contribution in [2.45, 2.75) is 32.7 Å². The SMILES string of the molecule is COc1ccc(C2=C(C)C(=O)NC(C)(c3ccc(C)cc3)C2)cc1. The summed E-state index contributed by atoms with van der Waals surface area (Å²) >= 11 is 0. The molecule has 3 nitrogen and oxygen atoms in total. The topological polar surface area (TPSA) is 38.3 Å². The minimum absolute atomic E-state index is 0.00450. The van der Waals surface area contributed by atoms with Gasteiger partial charge in [0.2, 0.25) is 5.91 Å². The predicted molar refractivity (Wildman–Crippen MR) is 96.9 cm³/mol. The van der Waals surface area contributed by atoms with Gasteiger partial charge in [-0.1, -0.05) is 42.0 Å². The van der Waals surface area contributed by atoms with Gasteiger partial charge in [0.05, 0.1) is 12.6 Å². The van der Waals surface area contributed by atoms with Crippen molar-refractivity contribution < 1.29 is 9.53 Å². The molecule has 3 heteroatoms. The maximum atomic E-state index is 12.6. The van der Waals surface area contributed by atoms with E-state index in [-0.39, 0.29) is 5.91 Å². The smallest absolute Gasteiger partial charge is 0.247 e. The monoisotopic (exact) mass is 321 g/mol. The highest BCUT2D eigenvalue weighted by Crippen LogP contribution is 2.38. The van der Waals surface area contributed by atoms with Crippen LogP contribution in [-0.4, -0.2) is 13.0 Å². The summed E-state index contributed by atoms with van der Waals surface area (Å²) in [6.45, 7) is 6.05. The molecular formula is C21H23NO2. The number of hydrogen-bond donors (Lipinski definition) is 1. The summed E-state index contributed by atoms with van der Waals surface area (Å²) in [6, 6.07) is 16.3. The van der Waals surface area contributed by atoms with Crippen LogP contribution in [0.5, 0.6) is 5.75 Å². The summed E-state index contributed by atoms with van der Waals surface area (Å²) in [7, 11) is 1.65. The van der Waals surface area contributed by atoms with Crippen LogP contribution in [0.3, 0.4) is 0 Å². The number of amides is 1. The van der Waals surface area contributed by atoms with Crippen molar-refractivity contribution in [2.75, 3.05) is 7.11 Å². The average molecular weight is 321 g/mol. The Morgan fingerprint density at radius 1 is 1.00 bits per heavy atom. The van der Waals surface area contributed by atoms with Crippen LogP contribution in [0.4, 0.5) is 0 Å². The first-order valence-electron chi connectivity index (χ1n) is 8.17. The fourth-order valence-corrected chi connectivity index (χ4v) is 3.22. The second-order valence-electron chi connectivity index (χ2n) is 6.66. The van der Waals surface area contributed by atoms with Gasteiger partial charge in [-0.2, -0.15) is 0 Å². The van der Waals surface area contributed by atoms with E-state index in [1.807, 2.05) is 31.2 Å². The van der Waals surface area contributed by atoms with Crippen LogP contribution >= 0.6 is 0 Å². The number of aryl methyl sites for hydroxylation is 1. The zero-order valence-corrected chi connectivity index (χ0v) is 14.6. The molecule has 1 aliphatic rings. The fourth-order valence-electron chi connectivity index (χ4n) is 3.22. The quantitative estimate of drug-likeness (QED) is 0.919. The predicted octanol–water partition coefficient (Wildman–Crippen LogP) is 4.21. The van der Waals surface area contributed by atoms with Gasteiger partial charge in [0, 0.05) is 12.0 Å². The van der Waals surface area contributed by atoms with Gasteiger partial charge in [-0.3, -0.25) is 4.79 Å². The van der Waals surface area contributed by atoms with Crippen LogP contribution in [0.2, 0.25) is 0 Å². The molecule has 3 rings (SSSR count). The fraction of sp³-hybridized carbons (Fsp3) is 0.286. The van der Waals surface area contributed by atoms with Crippen molar-refractivity contribution in [3.8, 4) is 5.75 Å².